The Hall–Kier alpha value is -1.28. The van der Waals surface area contributed by atoms with Gasteiger partial charge in [-0.2, -0.15) is 5.26 Å². The first-order chi connectivity index (χ1) is 7.08. The summed E-state index contributed by atoms with van der Waals surface area (Å²) in [7, 11) is 0. The molecular weight excluding hydrogens is 208 g/mol. The lowest BCUT2D eigenvalue weighted by Crippen LogP contribution is -2.04. The van der Waals surface area contributed by atoms with Crippen molar-refractivity contribution in [3.63, 3.8) is 0 Å². The number of aromatic nitrogens is 2. The van der Waals surface area contributed by atoms with Crippen LogP contribution < -0.4 is 5.73 Å². The lowest BCUT2D eigenvalue weighted by atomic mass is 10.2. The van der Waals surface area contributed by atoms with Gasteiger partial charge in [0, 0.05) is 5.25 Å². The molecule has 0 unspecified atom stereocenters. The molecule has 0 bridgehead atoms. The lowest BCUT2D eigenvalue weighted by molar-refractivity contribution is 0.877. The van der Waals surface area contributed by atoms with E-state index in [4.69, 9.17) is 11.0 Å². The Morgan fingerprint density at radius 2 is 2.20 bits per heavy atom. The molecule has 0 aromatic carbocycles. The summed E-state index contributed by atoms with van der Waals surface area (Å²) in [4.78, 5) is 8.34. The van der Waals surface area contributed by atoms with E-state index in [9.17, 15) is 0 Å². The van der Waals surface area contributed by atoms with Crippen molar-refractivity contribution in [1.82, 2.24) is 9.97 Å². The molecule has 4 nitrogen and oxygen atoms in total. The van der Waals surface area contributed by atoms with E-state index in [0.717, 1.165) is 6.42 Å². The summed E-state index contributed by atoms with van der Waals surface area (Å²) < 4.78 is 0. The zero-order chi connectivity index (χ0) is 11.4. The number of thioether (sulfide) groups is 1. The van der Waals surface area contributed by atoms with E-state index in [0.29, 0.717) is 21.7 Å². The quantitative estimate of drug-likeness (QED) is 0.626. The van der Waals surface area contributed by atoms with Crippen LogP contribution >= 0.6 is 11.8 Å². The molecule has 15 heavy (non-hydrogen) atoms. The van der Waals surface area contributed by atoms with E-state index in [1.165, 1.54) is 0 Å². The number of hydrogen-bond donors (Lipinski definition) is 1. The molecule has 0 amide bonds. The standard InChI is InChI=1S/C10H14N4S/c1-4-6(2)15-10-13-7(3)8(5-11)9(12)14-10/h6H,4H2,1-3H3,(H2,12,13,14)/t6-/m0/s1. The Kier molecular flexibility index (Phi) is 3.92. The first-order valence-corrected chi connectivity index (χ1v) is 5.67. The zero-order valence-corrected chi connectivity index (χ0v) is 9.93. The predicted molar refractivity (Wildman–Crippen MR) is 61.5 cm³/mol. The maximum atomic E-state index is 8.80. The third-order valence-corrected chi connectivity index (χ3v) is 3.22. The van der Waals surface area contributed by atoms with Crippen molar-refractivity contribution < 1.29 is 0 Å². The van der Waals surface area contributed by atoms with Crippen LogP contribution in [0.4, 0.5) is 5.82 Å². The number of hydrogen-bond acceptors (Lipinski definition) is 5. The van der Waals surface area contributed by atoms with Gasteiger partial charge in [0.15, 0.2) is 5.16 Å². The highest BCUT2D eigenvalue weighted by Crippen LogP contribution is 2.24. The lowest BCUT2D eigenvalue weighted by Gasteiger charge is -2.08. The Morgan fingerprint density at radius 3 is 2.67 bits per heavy atom. The summed E-state index contributed by atoms with van der Waals surface area (Å²) in [5.74, 6) is 0.274. The van der Waals surface area contributed by atoms with Crippen LogP contribution in [0, 0.1) is 18.3 Å². The number of nitriles is 1. The Morgan fingerprint density at radius 1 is 1.53 bits per heavy atom. The summed E-state index contributed by atoms with van der Waals surface area (Å²) in [6.07, 6.45) is 1.05. The summed E-state index contributed by atoms with van der Waals surface area (Å²) in [6, 6.07) is 2.00. The number of nitrogens with two attached hydrogens (primary N) is 1. The summed E-state index contributed by atoms with van der Waals surface area (Å²) in [6.45, 7) is 5.99. The predicted octanol–water partition coefficient (Wildman–Crippen LogP) is 2.13. The average Bonchev–Trinajstić information content (AvgIpc) is 2.17. The van der Waals surface area contributed by atoms with Crippen LogP contribution in [-0.4, -0.2) is 15.2 Å². The minimum Gasteiger partial charge on any atom is -0.382 e. The molecule has 0 radical (unpaired) electrons. The maximum Gasteiger partial charge on any atom is 0.190 e. The smallest absolute Gasteiger partial charge is 0.190 e. The monoisotopic (exact) mass is 222 g/mol. The molecule has 1 aromatic rings. The summed E-state index contributed by atoms with van der Waals surface area (Å²) in [5, 5.41) is 9.91. The number of anilines is 1. The van der Waals surface area contributed by atoms with Crippen LogP contribution in [0.1, 0.15) is 31.5 Å². The topological polar surface area (TPSA) is 75.6 Å². The Bertz CT molecular complexity index is 374. The Balaban J connectivity index is 3.00. The summed E-state index contributed by atoms with van der Waals surface area (Å²) in [5.41, 5.74) is 6.69. The van der Waals surface area contributed by atoms with Crippen LogP contribution in [-0.2, 0) is 0 Å². The van der Waals surface area contributed by atoms with E-state index in [1.54, 1.807) is 18.7 Å². The molecular formula is C10H14N4S. The second-order valence-corrected chi connectivity index (χ2v) is 4.71. The highest BCUT2D eigenvalue weighted by Gasteiger charge is 2.10. The van der Waals surface area contributed by atoms with Crippen molar-refractivity contribution in [2.24, 2.45) is 0 Å². The second-order valence-electron chi connectivity index (χ2n) is 3.30. The molecule has 0 aliphatic rings. The highest BCUT2D eigenvalue weighted by atomic mass is 32.2. The number of aryl methyl sites for hydroxylation is 1. The molecule has 5 heteroatoms. The minimum atomic E-state index is 0.274. The highest BCUT2D eigenvalue weighted by molar-refractivity contribution is 7.99. The van der Waals surface area contributed by atoms with Gasteiger partial charge >= 0.3 is 0 Å². The van der Waals surface area contributed by atoms with E-state index in [-0.39, 0.29) is 5.82 Å². The second kappa shape index (κ2) is 4.99. The normalized spacial score (nSPS) is 12.1. The van der Waals surface area contributed by atoms with E-state index < -0.39 is 0 Å². The molecule has 1 rings (SSSR count). The number of rotatable bonds is 3. The molecule has 1 atom stereocenters. The molecule has 0 spiro atoms. The van der Waals surface area contributed by atoms with Crippen molar-refractivity contribution in [3.8, 4) is 6.07 Å². The molecule has 0 fully saturated rings. The van der Waals surface area contributed by atoms with Gasteiger partial charge in [0.25, 0.3) is 0 Å². The van der Waals surface area contributed by atoms with Crippen LogP contribution in [0.5, 0.6) is 0 Å². The SMILES string of the molecule is CC[C@H](C)Sc1nc(C)c(C#N)c(N)n1. The molecule has 2 N–H and O–H groups in total. The van der Waals surface area contributed by atoms with Gasteiger partial charge < -0.3 is 5.73 Å². The fourth-order valence-electron chi connectivity index (χ4n) is 1.02. The van der Waals surface area contributed by atoms with E-state index in [1.807, 2.05) is 6.07 Å². The number of nitrogen functional groups attached to an aromatic ring is 1. The first-order valence-electron chi connectivity index (χ1n) is 4.79. The molecule has 0 saturated heterocycles. The summed E-state index contributed by atoms with van der Waals surface area (Å²) >= 11 is 1.58. The van der Waals surface area contributed by atoms with Crippen molar-refractivity contribution in [2.45, 2.75) is 37.6 Å². The van der Waals surface area contributed by atoms with Crippen LogP contribution in [0.2, 0.25) is 0 Å². The molecule has 0 saturated carbocycles. The molecule has 0 aliphatic heterocycles. The van der Waals surface area contributed by atoms with Gasteiger partial charge in [-0.1, -0.05) is 25.6 Å². The molecule has 1 heterocycles. The van der Waals surface area contributed by atoms with Gasteiger partial charge in [0.05, 0.1) is 5.69 Å². The first kappa shape index (κ1) is 11.8. The van der Waals surface area contributed by atoms with Crippen molar-refractivity contribution in [2.75, 3.05) is 5.73 Å². The van der Waals surface area contributed by atoms with Gasteiger partial charge in [0.1, 0.15) is 17.5 Å². The van der Waals surface area contributed by atoms with Crippen molar-refractivity contribution in [3.05, 3.63) is 11.3 Å². The average molecular weight is 222 g/mol. The number of nitrogens with zero attached hydrogens (tertiary/aromatic N) is 3. The van der Waals surface area contributed by atoms with Crippen LogP contribution in [0.25, 0.3) is 0 Å². The van der Waals surface area contributed by atoms with Gasteiger partial charge in [-0.05, 0) is 13.3 Å². The van der Waals surface area contributed by atoms with Gasteiger partial charge in [-0.25, -0.2) is 9.97 Å². The zero-order valence-electron chi connectivity index (χ0n) is 9.11. The molecule has 0 aliphatic carbocycles. The van der Waals surface area contributed by atoms with Gasteiger partial charge in [0.2, 0.25) is 0 Å². The maximum absolute atomic E-state index is 8.80. The largest absolute Gasteiger partial charge is 0.382 e. The van der Waals surface area contributed by atoms with E-state index >= 15 is 0 Å². The van der Waals surface area contributed by atoms with E-state index in [2.05, 4.69) is 23.8 Å². The molecule has 80 valence electrons. The minimum absolute atomic E-state index is 0.274. The third kappa shape index (κ3) is 2.83. The Labute approximate surface area is 93.9 Å². The third-order valence-electron chi connectivity index (χ3n) is 2.09. The molecule has 1 aromatic heterocycles. The van der Waals surface area contributed by atoms with Crippen molar-refractivity contribution >= 4 is 17.6 Å². The van der Waals surface area contributed by atoms with Crippen LogP contribution in [0.15, 0.2) is 5.16 Å². The van der Waals surface area contributed by atoms with Gasteiger partial charge in [-0.3, -0.25) is 0 Å². The van der Waals surface area contributed by atoms with Gasteiger partial charge in [-0.15, -0.1) is 0 Å². The van der Waals surface area contributed by atoms with Crippen molar-refractivity contribution in [1.29, 1.82) is 5.26 Å². The fraction of sp³-hybridized carbons (Fsp3) is 0.500. The van der Waals surface area contributed by atoms with Crippen LogP contribution in [0.3, 0.4) is 0 Å². The fourth-order valence-corrected chi connectivity index (χ4v) is 1.89.